The second-order valence-corrected chi connectivity index (χ2v) is 7.50. The molecule has 2 fully saturated rings. The van der Waals surface area contributed by atoms with E-state index in [4.69, 9.17) is 5.26 Å². The van der Waals surface area contributed by atoms with Crippen LogP contribution in [-0.4, -0.2) is 41.9 Å². The zero-order valence-electron chi connectivity index (χ0n) is 14.9. The number of hydrogen-bond acceptors (Lipinski definition) is 3. The van der Waals surface area contributed by atoms with Crippen LogP contribution in [0.3, 0.4) is 0 Å². The molecule has 0 N–H and O–H groups in total. The Morgan fingerprint density at radius 2 is 2.04 bits per heavy atom. The van der Waals surface area contributed by atoms with Crippen molar-refractivity contribution in [2.45, 2.75) is 39.2 Å². The zero-order chi connectivity index (χ0) is 17.8. The van der Waals surface area contributed by atoms with Crippen molar-refractivity contribution in [2.24, 2.45) is 11.8 Å². The van der Waals surface area contributed by atoms with Crippen molar-refractivity contribution < 1.29 is 9.18 Å². The standard InChI is InChI=1S/C20H26FN3O/c1-15-3-2-8-24(13-15)20(25)17-6-9-23(10-7-17)14-18-11-16(12-22)4-5-19(18)21/h4-5,11,15,17H,2-3,6-10,13-14H2,1H3. The first-order chi connectivity index (χ1) is 12.1. The van der Waals surface area contributed by atoms with Crippen LogP contribution in [0.5, 0.6) is 0 Å². The van der Waals surface area contributed by atoms with E-state index in [9.17, 15) is 9.18 Å². The van der Waals surface area contributed by atoms with E-state index in [-0.39, 0.29) is 11.7 Å². The summed E-state index contributed by atoms with van der Waals surface area (Å²) in [7, 11) is 0. The van der Waals surface area contributed by atoms with E-state index in [1.165, 1.54) is 18.6 Å². The normalized spacial score (nSPS) is 22.6. The molecule has 5 heteroatoms. The summed E-state index contributed by atoms with van der Waals surface area (Å²) < 4.78 is 13.9. The second kappa shape index (κ2) is 7.97. The maximum absolute atomic E-state index is 13.9. The second-order valence-electron chi connectivity index (χ2n) is 7.50. The van der Waals surface area contributed by atoms with Crippen LogP contribution in [0.15, 0.2) is 18.2 Å². The Bertz CT molecular complexity index is 661. The van der Waals surface area contributed by atoms with Gasteiger partial charge in [-0.05, 0) is 62.9 Å². The van der Waals surface area contributed by atoms with Crippen molar-refractivity contribution in [3.05, 3.63) is 35.1 Å². The van der Waals surface area contributed by atoms with Gasteiger partial charge in [-0.15, -0.1) is 0 Å². The molecular formula is C20H26FN3O. The summed E-state index contributed by atoms with van der Waals surface area (Å²) in [6.07, 6.45) is 4.00. The maximum atomic E-state index is 13.9. The number of carbonyl (C=O) groups is 1. The van der Waals surface area contributed by atoms with Crippen LogP contribution in [0.25, 0.3) is 0 Å². The number of halogens is 1. The highest BCUT2D eigenvalue weighted by Crippen LogP contribution is 2.25. The fraction of sp³-hybridized carbons (Fsp3) is 0.600. The molecule has 0 aromatic heterocycles. The Labute approximate surface area is 149 Å². The number of benzene rings is 1. The molecule has 0 saturated carbocycles. The van der Waals surface area contributed by atoms with Crippen LogP contribution in [0.4, 0.5) is 4.39 Å². The van der Waals surface area contributed by atoms with Gasteiger partial charge in [0, 0.05) is 31.1 Å². The fourth-order valence-corrected chi connectivity index (χ4v) is 3.99. The Balaban J connectivity index is 1.53. The number of rotatable bonds is 3. The summed E-state index contributed by atoms with van der Waals surface area (Å²) in [5.74, 6) is 0.758. The minimum atomic E-state index is -0.264. The fourth-order valence-electron chi connectivity index (χ4n) is 3.99. The first kappa shape index (κ1) is 17.9. The molecule has 25 heavy (non-hydrogen) atoms. The lowest BCUT2D eigenvalue weighted by molar-refractivity contribution is -0.138. The predicted molar refractivity (Wildman–Crippen MR) is 94.1 cm³/mol. The van der Waals surface area contributed by atoms with Gasteiger partial charge < -0.3 is 4.90 Å². The van der Waals surface area contributed by atoms with Gasteiger partial charge in [0.2, 0.25) is 5.91 Å². The topological polar surface area (TPSA) is 47.3 Å². The van der Waals surface area contributed by atoms with E-state index in [0.29, 0.717) is 29.5 Å². The largest absolute Gasteiger partial charge is 0.342 e. The molecule has 134 valence electrons. The van der Waals surface area contributed by atoms with Crippen molar-refractivity contribution in [1.82, 2.24) is 9.80 Å². The van der Waals surface area contributed by atoms with Crippen molar-refractivity contribution in [1.29, 1.82) is 5.26 Å². The van der Waals surface area contributed by atoms with Crippen LogP contribution in [0.2, 0.25) is 0 Å². The Morgan fingerprint density at radius 3 is 2.72 bits per heavy atom. The zero-order valence-corrected chi connectivity index (χ0v) is 14.9. The average Bonchev–Trinajstić information content (AvgIpc) is 2.63. The first-order valence-electron chi connectivity index (χ1n) is 9.26. The van der Waals surface area contributed by atoms with Gasteiger partial charge in [0.15, 0.2) is 0 Å². The predicted octanol–water partition coefficient (Wildman–Crippen LogP) is 3.17. The Hall–Kier alpha value is -1.93. The van der Waals surface area contributed by atoms with Crippen molar-refractivity contribution in [2.75, 3.05) is 26.2 Å². The molecule has 1 atom stereocenters. The van der Waals surface area contributed by atoms with Crippen LogP contribution >= 0.6 is 0 Å². The summed E-state index contributed by atoms with van der Waals surface area (Å²) in [6, 6.07) is 6.55. The van der Waals surface area contributed by atoms with Gasteiger partial charge in [-0.1, -0.05) is 6.92 Å². The third-order valence-corrected chi connectivity index (χ3v) is 5.47. The number of nitriles is 1. The smallest absolute Gasteiger partial charge is 0.225 e. The molecule has 2 saturated heterocycles. The van der Waals surface area contributed by atoms with E-state index in [1.54, 1.807) is 6.07 Å². The molecule has 1 unspecified atom stereocenters. The number of carbonyl (C=O) groups excluding carboxylic acids is 1. The molecule has 0 radical (unpaired) electrons. The lowest BCUT2D eigenvalue weighted by Gasteiger charge is -2.37. The van der Waals surface area contributed by atoms with Crippen LogP contribution in [-0.2, 0) is 11.3 Å². The number of likely N-dealkylation sites (tertiary alicyclic amines) is 2. The SMILES string of the molecule is CC1CCCN(C(=O)C2CCN(Cc3cc(C#N)ccc3F)CC2)C1. The van der Waals surface area contributed by atoms with Crippen molar-refractivity contribution in [3.8, 4) is 6.07 Å². The average molecular weight is 343 g/mol. The van der Waals surface area contributed by atoms with Gasteiger partial charge in [-0.25, -0.2) is 4.39 Å². The molecule has 3 rings (SSSR count). The highest BCUT2D eigenvalue weighted by Gasteiger charge is 2.30. The minimum absolute atomic E-state index is 0.108. The first-order valence-corrected chi connectivity index (χ1v) is 9.26. The van der Waals surface area contributed by atoms with Gasteiger partial charge in [0.1, 0.15) is 5.82 Å². The number of hydrogen-bond donors (Lipinski definition) is 0. The van der Waals surface area contributed by atoms with E-state index in [1.807, 2.05) is 4.90 Å². The highest BCUT2D eigenvalue weighted by atomic mass is 19.1. The third-order valence-electron chi connectivity index (χ3n) is 5.47. The minimum Gasteiger partial charge on any atom is -0.342 e. The van der Waals surface area contributed by atoms with Crippen LogP contribution < -0.4 is 0 Å². The molecule has 1 aromatic rings. The Morgan fingerprint density at radius 1 is 1.28 bits per heavy atom. The molecule has 0 aliphatic carbocycles. The molecule has 1 amide bonds. The molecular weight excluding hydrogens is 317 g/mol. The number of nitrogens with zero attached hydrogens (tertiary/aromatic N) is 3. The van der Waals surface area contributed by atoms with Crippen LogP contribution in [0.1, 0.15) is 43.7 Å². The van der Waals surface area contributed by atoms with Gasteiger partial charge in [-0.3, -0.25) is 9.69 Å². The van der Waals surface area contributed by atoms with Crippen LogP contribution in [0, 0.1) is 29.0 Å². The third kappa shape index (κ3) is 4.38. The van der Waals surface area contributed by atoms with Crippen molar-refractivity contribution in [3.63, 3.8) is 0 Å². The summed E-state index contributed by atoms with van der Waals surface area (Å²) in [5.41, 5.74) is 1.05. The van der Waals surface area contributed by atoms with Crippen molar-refractivity contribution >= 4 is 5.91 Å². The Kier molecular flexibility index (Phi) is 5.70. The molecule has 0 bridgehead atoms. The summed E-state index contributed by atoms with van der Waals surface area (Å²) in [5, 5.41) is 8.97. The summed E-state index contributed by atoms with van der Waals surface area (Å²) >= 11 is 0. The number of amides is 1. The molecule has 1 aromatic carbocycles. The monoisotopic (exact) mass is 343 g/mol. The summed E-state index contributed by atoms with van der Waals surface area (Å²) in [6.45, 7) is 6.11. The number of piperidine rings is 2. The molecule has 0 spiro atoms. The molecule has 2 aliphatic heterocycles. The highest BCUT2D eigenvalue weighted by molar-refractivity contribution is 5.79. The van der Waals surface area contributed by atoms with E-state index in [0.717, 1.165) is 45.4 Å². The summed E-state index contributed by atoms with van der Waals surface area (Å²) in [4.78, 5) is 16.9. The molecule has 2 heterocycles. The molecule has 4 nitrogen and oxygen atoms in total. The lowest BCUT2D eigenvalue weighted by Crippen LogP contribution is -2.45. The quantitative estimate of drug-likeness (QED) is 0.847. The van der Waals surface area contributed by atoms with Gasteiger partial charge in [0.05, 0.1) is 11.6 Å². The van der Waals surface area contributed by atoms with Gasteiger partial charge in [0.25, 0.3) is 0 Å². The van der Waals surface area contributed by atoms with E-state index in [2.05, 4.69) is 17.9 Å². The molecule has 2 aliphatic rings. The van der Waals surface area contributed by atoms with Gasteiger partial charge in [-0.2, -0.15) is 5.26 Å². The maximum Gasteiger partial charge on any atom is 0.225 e. The lowest BCUT2D eigenvalue weighted by atomic mass is 9.92. The van der Waals surface area contributed by atoms with E-state index < -0.39 is 0 Å². The van der Waals surface area contributed by atoms with E-state index >= 15 is 0 Å². The van der Waals surface area contributed by atoms with Gasteiger partial charge >= 0.3 is 0 Å².